The minimum atomic E-state index is 0.00414. The van der Waals surface area contributed by atoms with Crippen molar-refractivity contribution >= 4 is 17.5 Å². The smallest absolute Gasteiger partial charge is 0.251 e. The molecule has 1 amide bonds. The molecule has 1 aliphatic carbocycles. The van der Waals surface area contributed by atoms with Gasteiger partial charge in [-0.05, 0) is 42.4 Å². The monoisotopic (exact) mass is 251 g/mol. The molecule has 0 bridgehead atoms. The predicted molar refractivity (Wildman–Crippen MR) is 70.2 cm³/mol. The zero-order valence-corrected chi connectivity index (χ0v) is 10.8. The quantitative estimate of drug-likeness (QED) is 0.800. The Kier molecular flexibility index (Phi) is 4.06. The summed E-state index contributed by atoms with van der Waals surface area (Å²) in [5, 5.41) is 2.99. The van der Waals surface area contributed by atoms with Gasteiger partial charge in [0.2, 0.25) is 0 Å². The largest absolute Gasteiger partial charge is 0.352 e. The second kappa shape index (κ2) is 5.54. The lowest BCUT2D eigenvalue weighted by Gasteiger charge is -2.11. The Labute approximate surface area is 107 Å². The summed E-state index contributed by atoms with van der Waals surface area (Å²) in [5.41, 5.74) is 1.68. The number of halogens is 1. The van der Waals surface area contributed by atoms with Crippen LogP contribution in [0.2, 0.25) is 0 Å². The number of nitrogens with one attached hydrogen (secondary N) is 1. The van der Waals surface area contributed by atoms with Crippen LogP contribution < -0.4 is 5.32 Å². The standard InChI is InChI=1S/C14H18ClNO/c1-10(12-5-6-12)9-16-14(17)13-4-2-3-11(7-13)8-15/h2-4,7,10,12H,5-6,8-9H2,1H3,(H,16,17). The van der Waals surface area contributed by atoms with Crippen LogP contribution in [0.3, 0.4) is 0 Å². The maximum atomic E-state index is 11.9. The van der Waals surface area contributed by atoms with E-state index >= 15 is 0 Å². The van der Waals surface area contributed by atoms with E-state index < -0.39 is 0 Å². The van der Waals surface area contributed by atoms with Gasteiger partial charge in [-0.2, -0.15) is 0 Å². The number of carbonyl (C=O) groups is 1. The Balaban J connectivity index is 1.89. The van der Waals surface area contributed by atoms with Gasteiger partial charge in [-0.1, -0.05) is 19.1 Å². The maximum Gasteiger partial charge on any atom is 0.251 e. The maximum absolute atomic E-state index is 11.9. The third-order valence-electron chi connectivity index (χ3n) is 3.35. The first kappa shape index (κ1) is 12.4. The summed E-state index contributed by atoms with van der Waals surface area (Å²) in [5.74, 6) is 1.86. The van der Waals surface area contributed by atoms with Gasteiger partial charge in [0.15, 0.2) is 0 Å². The van der Waals surface area contributed by atoms with Crippen molar-refractivity contribution in [1.29, 1.82) is 0 Å². The van der Waals surface area contributed by atoms with Crippen molar-refractivity contribution in [2.45, 2.75) is 25.6 Å². The first-order chi connectivity index (χ1) is 8.20. The molecule has 0 aromatic heterocycles. The Morgan fingerprint density at radius 2 is 2.29 bits per heavy atom. The summed E-state index contributed by atoms with van der Waals surface area (Å²) < 4.78 is 0. The Bertz CT molecular complexity index is 401. The first-order valence-electron chi connectivity index (χ1n) is 6.14. The Hall–Kier alpha value is -1.02. The summed E-state index contributed by atoms with van der Waals surface area (Å²) >= 11 is 5.75. The highest BCUT2D eigenvalue weighted by Crippen LogP contribution is 2.36. The van der Waals surface area contributed by atoms with E-state index in [1.54, 1.807) is 0 Å². The van der Waals surface area contributed by atoms with Crippen molar-refractivity contribution in [2.24, 2.45) is 11.8 Å². The second-order valence-corrected chi connectivity index (χ2v) is 5.13. The van der Waals surface area contributed by atoms with Gasteiger partial charge in [0.05, 0.1) is 0 Å². The molecule has 2 nitrogen and oxygen atoms in total. The number of hydrogen-bond acceptors (Lipinski definition) is 1. The van der Waals surface area contributed by atoms with Gasteiger partial charge >= 0.3 is 0 Å². The highest BCUT2D eigenvalue weighted by molar-refractivity contribution is 6.17. The molecule has 3 heteroatoms. The number of benzene rings is 1. The lowest BCUT2D eigenvalue weighted by atomic mass is 10.1. The Morgan fingerprint density at radius 1 is 1.53 bits per heavy atom. The molecule has 0 spiro atoms. The molecule has 17 heavy (non-hydrogen) atoms. The fourth-order valence-electron chi connectivity index (χ4n) is 1.98. The van der Waals surface area contributed by atoms with Crippen molar-refractivity contribution in [3.8, 4) is 0 Å². The molecule has 1 aromatic rings. The van der Waals surface area contributed by atoms with E-state index in [9.17, 15) is 4.79 Å². The van der Waals surface area contributed by atoms with Crippen LogP contribution in [-0.2, 0) is 5.88 Å². The molecule has 92 valence electrons. The number of amides is 1. The molecule has 0 radical (unpaired) electrons. The van der Waals surface area contributed by atoms with Crippen LogP contribution in [0.1, 0.15) is 35.7 Å². The molecule has 0 aliphatic heterocycles. The van der Waals surface area contributed by atoms with E-state index in [1.807, 2.05) is 24.3 Å². The molecular formula is C14H18ClNO. The van der Waals surface area contributed by atoms with Crippen molar-refractivity contribution < 1.29 is 4.79 Å². The minimum absolute atomic E-state index is 0.00414. The normalized spacial score (nSPS) is 16.6. The van der Waals surface area contributed by atoms with E-state index in [2.05, 4.69) is 12.2 Å². The van der Waals surface area contributed by atoms with Crippen molar-refractivity contribution in [3.05, 3.63) is 35.4 Å². The molecule has 1 atom stereocenters. The molecule has 1 aliphatic rings. The Morgan fingerprint density at radius 3 is 2.94 bits per heavy atom. The fraction of sp³-hybridized carbons (Fsp3) is 0.500. The summed E-state index contributed by atoms with van der Waals surface area (Å²) in [6.45, 7) is 2.97. The summed E-state index contributed by atoms with van der Waals surface area (Å²) in [4.78, 5) is 11.9. The number of rotatable bonds is 5. The molecule has 0 saturated heterocycles. The van der Waals surface area contributed by atoms with Crippen molar-refractivity contribution in [3.63, 3.8) is 0 Å². The topological polar surface area (TPSA) is 29.1 Å². The van der Waals surface area contributed by atoms with Crippen LogP contribution in [0.15, 0.2) is 24.3 Å². The molecule has 1 aromatic carbocycles. The van der Waals surface area contributed by atoms with Gasteiger partial charge in [0, 0.05) is 18.0 Å². The lowest BCUT2D eigenvalue weighted by Crippen LogP contribution is -2.29. The third-order valence-corrected chi connectivity index (χ3v) is 3.66. The van der Waals surface area contributed by atoms with Gasteiger partial charge in [-0.25, -0.2) is 0 Å². The molecule has 1 unspecified atom stereocenters. The number of carbonyl (C=O) groups excluding carboxylic acids is 1. The molecule has 0 heterocycles. The van der Waals surface area contributed by atoms with E-state index in [4.69, 9.17) is 11.6 Å². The van der Waals surface area contributed by atoms with Gasteiger partial charge in [-0.3, -0.25) is 4.79 Å². The molecule has 2 rings (SSSR count). The van der Waals surface area contributed by atoms with Gasteiger partial charge in [0.25, 0.3) is 5.91 Å². The van der Waals surface area contributed by atoms with Crippen molar-refractivity contribution in [2.75, 3.05) is 6.54 Å². The number of alkyl halides is 1. The van der Waals surface area contributed by atoms with E-state index in [-0.39, 0.29) is 5.91 Å². The van der Waals surface area contributed by atoms with E-state index in [1.165, 1.54) is 12.8 Å². The molecule has 1 fully saturated rings. The van der Waals surface area contributed by atoms with Gasteiger partial charge in [0.1, 0.15) is 0 Å². The fourth-order valence-corrected chi connectivity index (χ4v) is 2.15. The molecular weight excluding hydrogens is 234 g/mol. The minimum Gasteiger partial charge on any atom is -0.352 e. The zero-order valence-electron chi connectivity index (χ0n) is 10.1. The van der Waals surface area contributed by atoms with Crippen LogP contribution in [0, 0.1) is 11.8 Å². The van der Waals surface area contributed by atoms with Crippen LogP contribution in [0.4, 0.5) is 0 Å². The van der Waals surface area contributed by atoms with Crippen LogP contribution in [0.25, 0.3) is 0 Å². The summed E-state index contributed by atoms with van der Waals surface area (Å²) in [6.07, 6.45) is 2.64. The highest BCUT2D eigenvalue weighted by atomic mass is 35.5. The summed E-state index contributed by atoms with van der Waals surface area (Å²) in [7, 11) is 0. The zero-order chi connectivity index (χ0) is 12.3. The van der Waals surface area contributed by atoms with E-state index in [0.717, 1.165) is 18.0 Å². The second-order valence-electron chi connectivity index (χ2n) is 4.86. The average molecular weight is 252 g/mol. The van der Waals surface area contributed by atoms with Crippen LogP contribution in [-0.4, -0.2) is 12.5 Å². The van der Waals surface area contributed by atoms with Crippen LogP contribution >= 0.6 is 11.6 Å². The van der Waals surface area contributed by atoms with Crippen LogP contribution in [0.5, 0.6) is 0 Å². The SMILES string of the molecule is CC(CNC(=O)c1cccc(CCl)c1)C1CC1. The third kappa shape index (κ3) is 3.47. The first-order valence-corrected chi connectivity index (χ1v) is 6.67. The van der Waals surface area contributed by atoms with E-state index in [0.29, 0.717) is 17.4 Å². The lowest BCUT2D eigenvalue weighted by molar-refractivity contribution is 0.0946. The molecule has 1 N–H and O–H groups in total. The number of hydrogen-bond donors (Lipinski definition) is 1. The predicted octanol–water partition coefficient (Wildman–Crippen LogP) is 3.20. The van der Waals surface area contributed by atoms with Gasteiger partial charge in [-0.15, -0.1) is 11.6 Å². The summed E-state index contributed by atoms with van der Waals surface area (Å²) in [6, 6.07) is 7.48. The van der Waals surface area contributed by atoms with Crippen molar-refractivity contribution in [1.82, 2.24) is 5.32 Å². The average Bonchev–Trinajstić information content (AvgIpc) is 3.19. The molecule has 1 saturated carbocycles. The van der Waals surface area contributed by atoms with Gasteiger partial charge < -0.3 is 5.32 Å². The highest BCUT2D eigenvalue weighted by Gasteiger charge is 2.27.